The van der Waals surface area contributed by atoms with Crippen molar-refractivity contribution in [2.75, 3.05) is 32.8 Å². The quantitative estimate of drug-likeness (QED) is 0.634. The molecule has 0 aromatic heterocycles. The van der Waals surface area contributed by atoms with E-state index < -0.39 is 5.97 Å². The van der Waals surface area contributed by atoms with E-state index in [2.05, 4.69) is 12.2 Å². The monoisotopic (exact) mass is 258 g/mol. The first-order chi connectivity index (χ1) is 8.63. The van der Waals surface area contributed by atoms with E-state index in [0.29, 0.717) is 26.2 Å². The topological polar surface area (TPSA) is 78.9 Å². The second kappa shape index (κ2) is 7.92. The average Bonchev–Trinajstić information content (AvgIpc) is 2.27. The van der Waals surface area contributed by atoms with Gasteiger partial charge in [-0.15, -0.1) is 0 Å². The molecule has 6 heteroatoms. The zero-order valence-corrected chi connectivity index (χ0v) is 10.9. The predicted molar refractivity (Wildman–Crippen MR) is 66.4 cm³/mol. The molecule has 1 fully saturated rings. The van der Waals surface area contributed by atoms with Crippen LogP contribution in [0.25, 0.3) is 0 Å². The van der Waals surface area contributed by atoms with E-state index in [-0.39, 0.29) is 18.4 Å². The number of nitrogens with zero attached hydrogens (tertiary/aromatic N) is 1. The summed E-state index contributed by atoms with van der Waals surface area (Å²) in [6, 6.07) is -0.105. The van der Waals surface area contributed by atoms with Crippen molar-refractivity contribution in [3.8, 4) is 0 Å². The molecule has 0 unspecified atom stereocenters. The number of rotatable bonds is 8. The smallest absolute Gasteiger partial charge is 0.317 e. The Morgan fingerprint density at radius 2 is 2.11 bits per heavy atom. The zero-order valence-electron chi connectivity index (χ0n) is 10.9. The Bertz CT molecular complexity index is 277. The van der Waals surface area contributed by atoms with E-state index in [9.17, 15) is 9.59 Å². The van der Waals surface area contributed by atoms with Gasteiger partial charge in [-0.1, -0.05) is 6.92 Å². The highest BCUT2D eigenvalue weighted by Gasteiger charge is 2.31. The van der Waals surface area contributed by atoms with Gasteiger partial charge < -0.3 is 20.1 Å². The molecule has 2 amide bonds. The van der Waals surface area contributed by atoms with Gasteiger partial charge in [0.25, 0.3) is 0 Å². The molecule has 0 aromatic rings. The summed E-state index contributed by atoms with van der Waals surface area (Å²) in [7, 11) is 0. The van der Waals surface area contributed by atoms with Crippen molar-refractivity contribution in [2.45, 2.75) is 26.2 Å². The summed E-state index contributed by atoms with van der Waals surface area (Å²) in [6.45, 7) is 5.17. The van der Waals surface area contributed by atoms with E-state index in [1.165, 1.54) is 0 Å². The summed E-state index contributed by atoms with van der Waals surface area (Å²) in [4.78, 5) is 23.7. The zero-order chi connectivity index (χ0) is 13.4. The minimum Gasteiger partial charge on any atom is -0.481 e. The first-order valence-corrected chi connectivity index (χ1v) is 6.45. The number of likely N-dealkylation sites (tertiary alicyclic amines) is 1. The number of urea groups is 1. The second-order valence-corrected chi connectivity index (χ2v) is 4.57. The fourth-order valence-electron chi connectivity index (χ4n) is 1.84. The van der Waals surface area contributed by atoms with Crippen LogP contribution >= 0.6 is 0 Å². The molecule has 104 valence electrons. The molecule has 18 heavy (non-hydrogen) atoms. The van der Waals surface area contributed by atoms with Crippen molar-refractivity contribution in [1.82, 2.24) is 10.2 Å². The molecule has 6 nitrogen and oxygen atoms in total. The number of amides is 2. The van der Waals surface area contributed by atoms with Crippen LogP contribution in [-0.2, 0) is 9.53 Å². The molecular weight excluding hydrogens is 236 g/mol. The molecule has 0 saturated carbocycles. The van der Waals surface area contributed by atoms with E-state index in [0.717, 1.165) is 19.4 Å². The Morgan fingerprint density at radius 1 is 1.39 bits per heavy atom. The predicted octanol–water partition coefficient (Wildman–Crippen LogP) is 0.919. The number of aliphatic carboxylic acids is 1. The summed E-state index contributed by atoms with van der Waals surface area (Å²) in [5, 5.41) is 11.4. The summed E-state index contributed by atoms with van der Waals surface area (Å²) in [5.74, 6) is -0.686. The highest BCUT2D eigenvalue weighted by atomic mass is 16.5. The van der Waals surface area contributed by atoms with Crippen LogP contribution in [0.4, 0.5) is 4.79 Å². The molecule has 0 spiro atoms. The third-order valence-electron chi connectivity index (χ3n) is 2.80. The van der Waals surface area contributed by atoms with Crippen LogP contribution in [-0.4, -0.2) is 54.9 Å². The number of carboxylic acid groups (broad SMARTS) is 1. The maximum atomic E-state index is 11.6. The molecule has 2 N–H and O–H groups in total. The van der Waals surface area contributed by atoms with Gasteiger partial charge in [0.05, 0.1) is 6.42 Å². The Kier molecular flexibility index (Phi) is 6.49. The maximum Gasteiger partial charge on any atom is 0.317 e. The van der Waals surface area contributed by atoms with Crippen LogP contribution < -0.4 is 5.32 Å². The van der Waals surface area contributed by atoms with Crippen LogP contribution in [0.2, 0.25) is 0 Å². The number of ether oxygens (including phenoxy) is 1. The molecule has 1 saturated heterocycles. The number of hydrogen-bond donors (Lipinski definition) is 2. The van der Waals surface area contributed by atoms with Gasteiger partial charge in [-0.3, -0.25) is 4.79 Å². The van der Waals surface area contributed by atoms with Crippen molar-refractivity contribution < 1.29 is 19.4 Å². The summed E-state index contributed by atoms with van der Waals surface area (Å²) >= 11 is 0. The van der Waals surface area contributed by atoms with Crippen molar-refractivity contribution >= 4 is 12.0 Å². The molecular formula is C12H22N2O4. The lowest BCUT2D eigenvalue weighted by Crippen LogP contribution is -2.54. The van der Waals surface area contributed by atoms with Gasteiger partial charge in [0.2, 0.25) is 0 Å². The van der Waals surface area contributed by atoms with Crippen LogP contribution in [0.1, 0.15) is 26.2 Å². The normalized spacial score (nSPS) is 15.3. The largest absolute Gasteiger partial charge is 0.481 e. The van der Waals surface area contributed by atoms with E-state index in [1.54, 1.807) is 4.90 Å². The van der Waals surface area contributed by atoms with Crippen LogP contribution in [0.15, 0.2) is 0 Å². The molecule has 1 heterocycles. The third-order valence-corrected chi connectivity index (χ3v) is 2.80. The minimum atomic E-state index is -0.798. The Labute approximate surface area is 107 Å². The number of carboxylic acids is 1. The third kappa shape index (κ3) is 5.35. The van der Waals surface area contributed by atoms with Crippen LogP contribution in [0, 0.1) is 5.92 Å². The minimum absolute atomic E-state index is 0.105. The number of nitrogens with one attached hydrogen (secondary N) is 1. The molecule has 1 rings (SSSR count). The maximum absolute atomic E-state index is 11.6. The fourth-order valence-corrected chi connectivity index (χ4v) is 1.84. The van der Waals surface area contributed by atoms with Gasteiger partial charge in [0.15, 0.2) is 0 Å². The van der Waals surface area contributed by atoms with E-state index in [4.69, 9.17) is 9.84 Å². The van der Waals surface area contributed by atoms with E-state index in [1.807, 2.05) is 0 Å². The lowest BCUT2D eigenvalue weighted by Gasteiger charge is -2.38. The van der Waals surface area contributed by atoms with Crippen molar-refractivity contribution in [3.05, 3.63) is 0 Å². The van der Waals surface area contributed by atoms with Gasteiger partial charge in [0.1, 0.15) is 0 Å². The first kappa shape index (κ1) is 14.8. The van der Waals surface area contributed by atoms with Gasteiger partial charge >= 0.3 is 12.0 Å². The molecule has 1 aliphatic rings. The lowest BCUT2D eigenvalue weighted by molar-refractivity contribution is -0.139. The summed E-state index contributed by atoms with van der Waals surface area (Å²) in [5.41, 5.74) is 0. The summed E-state index contributed by atoms with van der Waals surface area (Å²) in [6.07, 6.45) is 1.96. The number of carbonyl (C=O) groups excluding carboxylic acids is 1. The number of carbonyl (C=O) groups is 2. The highest BCUT2D eigenvalue weighted by molar-refractivity contribution is 5.75. The number of hydrogen-bond acceptors (Lipinski definition) is 3. The van der Waals surface area contributed by atoms with Gasteiger partial charge in [-0.05, 0) is 12.8 Å². The van der Waals surface area contributed by atoms with Crippen molar-refractivity contribution in [3.63, 3.8) is 0 Å². The van der Waals surface area contributed by atoms with Crippen molar-refractivity contribution in [1.29, 1.82) is 0 Å². The highest BCUT2D eigenvalue weighted by Crippen LogP contribution is 2.18. The molecule has 0 atom stereocenters. The molecule has 1 aliphatic heterocycles. The molecule has 0 aliphatic carbocycles. The molecule has 0 aromatic carbocycles. The van der Waals surface area contributed by atoms with Crippen LogP contribution in [0.3, 0.4) is 0 Å². The van der Waals surface area contributed by atoms with E-state index >= 15 is 0 Å². The standard InChI is InChI=1S/C12H22N2O4/c1-2-5-18-6-3-4-13-12(17)14-8-10(9-14)7-11(15)16/h10H,2-9H2,1H3,(H,13,17)(H,15,16). The van der Waals surface area contributed by atoms with Crippen molar-refractivity contribution in [2.24, 2.45) is 5.92 Å². The first-order valence-electron chi connectivity index (χ1n) is 6.45. The van der Waals surface area contributed by atoms with Gasteiger partial charge in [-0.25, -0.2) is 4.79 Å². The lowest BCUT2D eigenvalue weighted by atomic mass is 9.97. The summed E-state index contributed by atoms with van der Waals surface area (Å²) < 4.78 is 5.30. The Hall–Kier alpha value is -1.30. The van der Waals surface area contributed by atoms with Gasteiger partial charge in [-0.2, -0.15) is 0 Å². The molecule has 0 bridgehead atoms. The average molecular weight is 258 g/mol. The fraction of sp³-hybridized carbons (Fsp3) is 0.833. The molecule has 0 radical (unpaired) electrons. The van der Waals surface area contributed by atoms with Crippen LogP contribution in [0.5, 0.6) is 0 Å². The second-order valence-electron chi connectivity index (χ2n) is 4.57. The van der Waals surface area contributed by atoms with Gasteiger partial charge in [0, 0.05) is 38.8 Å². The Morgan fingerprint density at radius 3 is 2.72 bits per heavy atom. The Balaban J connectivity index is 1.97. The SMILES string of the molecule is CCCOCCCNC(=O)N1CC(CC(=O)O)C1.